The van der Waals surface area contributed by atoms with Crippen LogP contribution in [0.25, 0.3) is 0 Å². The molecule has 160 valence electrons. The summed E-state index contributed by atoms with van der Waals surface area (Å²) in [6.45, 7) is 4.70. The molecule has 30 heavy (non-hydrogen) atoms. The van der Waals surface area contributed by atoms with E-state index in [0.29, 0.717) is 25.2 Å². The van der Waals surface area contributed by atoms with Gasteiger partial charge < -0.3 is 10.4 Å². The minimum absolute atomic E-state index is 0.174. The predicted molar refractivity (Wildman–Crippen MR) is 120 cm³/mol. The third-order valence-corrected chi connectivity index (χ3v) is 8.77. The van der Waals surface area contributed by atoms with Gasteiger partial charge in [-0.2, -0.15) is 4.31 Å². The number of hydrogen-bond donors (Lipinski definition) is 2. The number of thiophene rings is 2. The van der Waals surface area contributed by atoms with Gasteiger partial charge in [-0.3, -0.25) is 4.79 Å². The van der Waals surface area contributed by atoms with Crippen LogP contribution in [0.1, 0.15) is 44.9 Å². The van der Waals surface area contributed by atoms with Gasteiger partial charge in [-0.15, -0.1) is 22.7 Å². The zero-order chi connectivity index (χ0) is 21.7. The first-order valence-corrected chi connectivity index (χ1v) is 12.7. The van der Waals surface area contributed by atoms with Crippen molar-refractivity contribution in [3.05, 3.63) is 74.1 Å². The van der Waals surface area contributed by atoms with Crippen molar-refractivity contribution in [2.45, 2.75) is 31.4 Å². The Morgan fingerprint density at radius 3 is 2.37 bits per heavy atom. The topological polar surface area (TPSA) is 86.7 Å². The van der Waals surface area contributed by atoms with E-state index in [4.69, 9.17) is 0 Å². The minimum Gasteiger partial charge on any atom is -0.382 e. The highest BCUT2D eigenvalue weighted by atomic mass is 32.2. The highest BCUT2D eigenvalue weighted by Crippen LogP contribution is 2.30. The average Bonchev–Trinajstić information content (AvgIpc) is 3.44. The summed E-state index contributed by atoms with van der Waals surface area (Å²) in [5.41, 5.74) is 0.392. The standard InChI is InChI=1S/C21H24N2O4S3/c1-3-23(4-2)30(26,27)17-10-7-15(8-11-17)21(25)22-14-16-9-12-19(29-16)20(24)18-6-5-13-28-18/h5-13,20,24H,3-4,14H2,1-2H3,(H,22,25). The maximum absolute atomic E-state index is 12.5. The third kappa shape index (κ3) is 4.98. The molecule has 2 aromatic heterocycles. The second kappa shape index (κ2) is 9.84. The normalized spacial score (nSPS) is 12.8. The third-order valence-electron chi connectivity index (χ3n) is 4.65. The van der Waals surface area contributed by atoms with Crippen LogP contribution in [0.5, 0.6) is 0 Å². The first kappa shape index (κ1) is 22.6. The molecule has 1 atom stereocenters. The number of nitrogens with zero attached hydrogens (tertiary/aromatic N) is 1. The number of benzene rings is 1. The molecule has 0 saturated carbocycles. The summed E-state index contributed by atoms with van der Waals surface area (Å²) in [6, 6.07) is 13.5. The lowest BCUT2D eigenvalue weighted by Gasteiger charge is -2.18. The van der Waals surface area contributed by atoms with Crippen LogP contribution in [0.3, 0.4) is 0 Å². The Morgan fingerprint density at radius 2 is 1.77 bits per heavy atom. The fourth-order valence-corrected chi connectivity index (χ4v) is 6.20. The maximum atomic E-state index is 12.5. The SMILES string of the molecule is CCN(CC)S(=O)(=O)c1ccc(C(=O)NCc2ccc(C(O)c3cccs3)s2)cc1. The van der Waals surface area contributed by atoms with Gasteiger partial charge in [-0.1, -0.05) is 19.9 Å². The molecule has 0 aliphatic carbocycles. The Bertz CT molecular complexity index is 1070. The molecule has 6 nitrogen and oxygen atoms in total. The summed E-state index contributed by atoms with van der Waals surface area (Å²) in [4.78, 5) is 15.2. The average molecular weight is 465 g/mol. The van der Waals surface area contributed by atoms with Crippen molar-refractivity contribution in [2.24, 2.45) is 0 Å². The highest BCUT2D eigenvalue weighted by molar-refractivity contribution is 7.89. The van der Waals surface area contributed by atoms with Crippen molar-refractivity contribution in [1.29, 1.82) is 0 Å². The van der Waals surface area contributed by atoms with Crippen molar-refractivity contribution in [2.75, 3.05) is 13.1 Å². The zero-order valence-corrected chi connectivity index (χ0v) is 19.2. The molecule has 0 fully saturated rings. The lowest BCUT2D eigenvalue weighted by molar-refractivity contribution is 0.0951. The molecule has 0 aliphatic heterocycles. The molecule has 0 radical (unpaired) electrons. The van der Waals surface area contributed by atoms with Crippen molar-refractivity contribution in [3.63, 3.8) is 0 Å². The molecular formula is C21H24N2O4S3. The van der Waals surface area contributed by atoms with Crippen molar-refractivity contribution in [1.82, 2.24) is 9.62 Å². The van der Waals surface area contributed by atoms with Crippen LogP contribution in [0.15, 0.2) is 58.8 Å². The van der Waals surface area contributed by atoms with Crippen molar-refractivity contribution >= 4 is 38.6 Å². The predicted octanol–water partition coefficient (Wildman–Crippen LogP) is 3.85. The van der Waals surface area contributed by atoms with Crippen molar-refractivity contribution in [3.8, 4) is 0 Å². The van der Waals surface area contributed by atoms with Gasteiger partial charge in [0, 0.05) is 33.3 Å². The molecule has 0 bridgehead atoms. The summed E-state index contributed by atoms with van der Waals surface area (Å²) in [6.07, 6.45) is -0.653. The fraction of sp³-hybridized carbons (Fsp3) is 0.286. The van der Waals surface area contributed by atoms with Crippen LogP contribution in [0.2, 0.25) is 0 Å². The van der Waals surface area contributed by atoms with Crippen LogP contribution in [-0.4, -0.2) is 36.8 Å². The molecular weight excluding hydrogens is 440 g/mol. The molecule has 0 saturated heterocycles. The van der Waals surface area contributed by atoms with Gasteiger partial charge in [0.2, 0.25) is 10.0 Å². The number of sulfonamides is 1. The molecule has 1 amide bonds. The summed E-state index contributed by atoms with van der Waals surface area (Å²) in [7, 11) is -3.54. The molecule has 3 aromatic rings. The number of aliphatic hydroxyl groups is 1. The summed E-state index contributed by atoms with van der Waals surface area (Å²) < 4.78 is 26.4. The lowest BCUT2D eigenvalue weighted by Crippen LogP contribution is -2.30. The maximum Gasteiger partial charge on any atom is 0.251 e. The highest BCUT2D eigenvalue weighted by Gasteiger charge is 2.21. The molecule has 2 N–H and O–H groups in total. The van der Waals surface area contributed by atoms with Gasteiger partial charge in [-0.05, 0) is 47.8 Å². The second-order valence-electron chi connectivity index (χ2n) is 6.52. The van der Waals surface area contributed by atoms with Gasteiger partial charge in [0.05, 0.1) is 11.4 Å². The molecule has 2 heterocycles. The van der Waals surface area contributed by atoms with Gasteiger partial charge in [0.25, 0.3) is 5.91 Å². The minimum atomic E-state index is -3.54. The summed E-state index contributed by atoms with van der Waals surface area (Å²) in [5.74, 6) is -0.282. The smallest absolute Gasteiger partial charge is 0.251 e. The van der Waals surface area contributed by atoms with E-state index in [1.54, 1.807) is 13.8 Å². The van der Waals surface area contributed by atoms with Gasteiger partial charge >= 0.3 is 0 Å². The fourth-order valence-electron chi connectivity index (χ4n) is 2.98. The van der Waals surface area contributed by atoms with Crippen LogP contribution in [0.4, 0.5) is 0 Å². The molecule has 3 rings (SSSR count). The van der Waals surface area contributed by atoms with Crippen molar-refractivity contribution < 1.29 is 18.3 Å². The number of nitrogens with one attached hydrogen (secondary N) is 1. The molecule has 1 aromatic carbocycles. The number of rotatable bonds is 9. The van der Waals surface area contributed by atoms with Gasteiger partial charge in [0.1, 0.15) is 6.10 Å². The van der Waals surface area contributed by atoms with E-state index in [-0.39, 0.29) is 10.8 Å². The first-order chi connectivity index (χ1) is 14.4. The Morgan fingerprint density at radius 1 is 1.07 bits per heavy atom. The lowest BCUT2D eigenvalue weighted by atomic mass is 10.2. The van der Waals surface area contributed by atoms with Crippen LogP contribution in [0, 0.1) is 0 Å². The number of aliphatic hydroxyl groups excluding tert-OH is 1. The number of amides is 1. The monoisotopic (exact) mass is 464 g/mol. The van der Waals surface area contributed by atoms with Gasteiger partial charge in [-0.25, -0.2) is 8.42 Å². The Kier molecular flexibility index (Phi) is 7.43. The van der Waals surface area contributed by atoms with E-state index >= 15 is 0 Å². The Balaban J connectivity index is 1.62. The summed E-state index contributed by atoms with van der Waals surface area (Å²) in [5, 5.41) is 15.2. The largest absolute Gasteiger partial charge is 0.382 e. The number of hydrogen-bond acceptors (Lipinski definition) is 6. The number of carbonyl (C=O) groups excluding carboxylic acids is 1. The van der Waals surface area contributed by atoms with Crippen LogP contribution < -0.4 is 5.32 Å². The number of carbonyl (C=O) groups is 1. The zero-order valence-electron chi connectivity index (χ0n) is 16.7. The molecule has 1 unspecified atom stereocenters. The Hall–Kier alpha value is -2.04. The van der Waals surface area contributed by atoms with E-state index in [1.165, 1.54) is 51.2 Å². The van der Waals surface area contributed by atoms with Crippen LogP contribution >= 0.6 is 22.7 Å². The quantitative estimate of drug-likeness (QED) is 0.504. The van der Waals surface area contributed by atoms with E-state index in [2.05, 4.69) is 5.32 Å². The second-order valence-corrected chi connectivity index (χ2v) is 10.6. The van der Waals surface area contributed by atoms with E-state index in [0.717, 1.165) is 14.6 Å². The van der Waals surface area contributed by atoms with E-state index in [9.17, 15) is 18.3 Å². The first-order valence-electron chi connectivity index (χ1n) is 9.55. The molecule has 9 heteroatoms. The van der Waals surface area contributed by atoms with Crippen LogP contribution in [-0.2, 0) is 16.6 Å². The summed E-state index contributed by atoms with van der Waals surface area (Å²) >= 11 is 2.95. The van der Waals surface area contributed by atoms with E-state index < -0.39 is 16.1 Å². The van der Waals surface area contributed by atoms with Gasteiger partial charge in [0.15, 0.2) is 0 Å². The molecule has 0 aliphatic rings. The van der Waals surface area contributed by atoms with E-state index in [1.807, 2.05) is 29.6 Å². The molecule has 0 spiro atoms. The Labute approximate surface area is 184 Å².